The molecule has 0 saturated carbocycles. The number of hydrogen-bond acceptors (Lipinski definition) is 7. The summed E-state index contributed by atoms with van der Waals surface area (Å²) in [6.07, 6.45) is 0.331. The molecule has 1 N–H and O–H groups in total. The van der Waals surface area contributed by atoms with E-state index in [0.29, 0.717) is 42.4 Å². The summed E-state index contributed by atoms with van der Waals surface area (Å²) in [5.41, 5.74) is 1.67. The summed E-state index contributed by atoms with van der Waals surface area (Å²) in [6, 6.07) is 15.5. The number of carbonyl (C=O) groups is 1. The van der Waals surface area contributed by atoms with Crippen LogP contribution in [0.3, 0.4) is 0 Å². The lowest BCUT2D eigenvalue weighted by Crippen LogP contribution is -2.27. The Balaban J connectivity index is 1.69. The van der Waals surface area contributed by atoms with E-state index in [4.69, 9.17) is 18.9 Å². The van der Waals surface area contributed by atoms with Gasteiger partial charge in [-0.2, -0.15) is 0 Å². The van der Waals surface area contributed by atoms with E-state index >= 15 is 0 Å². The molecule has 0 spiro atoms. The maximum atomic E-state index is 12.8. The van der Waals surface area contributed by atoms with Gasteiger partial charge in [-0.1, -0.05) is 24.3 Å². The molecule has 1 aromatic heterocycles. The van der Waals surface area contributed by atoms with E-state index in [2.05, 4.69) is 27.7 Å². The van der Waals surface area contributed by atoms with Gasteiger partial charge in [-0.15, -0.1) is 11.3 Å². The van der Waals surface area contributed by atoms with Crippen molar-refractivity contribution in [1.29, 1.82) is 0 Å². The zero-order valence-electron chi connectivity index (χ0n) is 19.4. The van der Waals surface area contributed by atoms with Gasteiger partial charge in [0.05, 0.1) is 28.4 Å². The molecule has 3 rings (SSSR count). The second kappa shape index (κ2) is 12.1. The average molecular weight is 471 g/mol. The first-order valence-electron chi connectivity index (χ1n) is 10.5. The van der Waals surface area contributed by atoms with Crippen molar-refractivity contribution in [2.45, 2.75) is 19.5 Å². The second-order valence-corrected chi connectivity index (χ2v) is 8.35. The molecule has 0 aliphatic heterocycles. The Kier molecular flexibility index (Phi) is 8.97. The van der Waals surface area contributed by atoms with Gasteiger partial charge >= 0.3 is 0 Å². The molecule has 0 aliphatic rings. The van der Waals surface area contributed by atoms with E-state index in [-0.39, 0.29) is 5.91 Å². The number of benzene rings is 2. The van der Waals surface area contributed by atoms with Crippen molar-refractivity contribution >= 4 is 22.9 Å². The maximum absolute atomic E-state index is 12.8. The minimum absolute atomic E-state index is 0.0968. The van der Waals surface area contributed by atoms with Crippen LogP contribution >= 0.6 is 11.3 Å². The molecule has 0 bridgehead atoms. The number of carbonyl (C=O) groups excluding carboxylic acids is 1. The van der Waals surface area contributed by atoms with E-state index in [1.165, 1.54) is 4.88 Å². The van der Waals surface area contributed by atoms with E-state index in [9.17, 15) is 4.79 Å². The largest absolute Gasteiger partial charge is 0.496 e. The van der Waals surface area contributed by atoms with E-state index < -0.39 is 0 Å². The highest BCUT2D eigenvalue weighted by molar-refractivity contribution is 7.09. The van der Waals surface area contributed by atoms with Gasteiger partial charge in [-0.25, -0.2) is 0 Å². The first kappa shape index (κ1) is 24.4. The number of amides is 1. The summed E-state index contributed by atoms with van der Waals surface area (Å²) < 4.78 is 21.6. The van der Waals surface area contributed by atoms with Gasteiger partial charge in [0.2, 0.25) is 11.7 Å². The minimum atomic E-state index is -0.0968. The number of hydrogen-bond donors (Lipinski definition) is 1. The summed E-state index contributed by atoms with van der Waals surface area (Å²) in [7, 11) is 6.31. The summed E-state index contributed by atoms with van der Waals surface area (Å²) in [5.74, 6) is 2.21. The molecule has 33 heavy (non-hydrogen) atoms. The average Bonchev–Trinajstić information content (AvgIpc) is 3.35. The van der Waals surface area contributed by atoms with E-state index in [1.54, 1.807) is 51.9 Å². The third-order valence-electron chi connectivity index (χ3n) is 5.15. The van der Waals surface area contributed by atoms with E-state index in [0.717, 1.165) is 17.9 Å². The lowest BCUT2D eigenvalue weighted by Gasteiger charge is -2.23. The van der Waals surface area contributed by atoms with Crippen molar-refractivity contribution in [1.82, 2.24) is 4.90 Å². The topological polar surface area (TPSA) is 69.3 Å². The van der Waals surface area contributed by atoms with Gasteiger partial charge in [0.25, 0.3) is 0 Å². The molecule has 0 fully saturated rings. The first-order valence-corrected chi connectivity index (χ1v) is 11.4. The molecule has 3 aromatic rings. The highest BCUT2D eigenvalue weighted by atomic mass is 32.1. The van der Waals surface area contributed by atoms with Gasteiger partial charge in [-0.05, 0) is 17.5 Å². The number of methoxy groups -OCH3 is 4. The number of ether oxygens (including phenoxy) is 4. The number of para-hydroxylation sites is 1. The zero-order valence-corrected chi connectivity index (χ0v) is 20.2. The Labute approximate surface area is 198 Å². The number of rotatable bonds is 12. The Morgan fingerprint density at radius 1 is 0.879 bits per heavy atom. The van der Waals surface area contributed by atoms with Crippen LogP contribution in [0, 0.1) is 0 Å². The standard InChI is InChI=1S/C25H30N2O5S/c1-29-21-10-6-5-8-18(21)16-27(17-20-9-7-13-33-20)12-11-24(28)26-19-14-22(30-2)25(32-4)23(15-19)31-3/h5-10,13-15H,11-12,16-17H2,1-4H3,(H,26,28). The lowest BCUT2D eigenvalue weighted by molar-refractivity contribution is -0.116. The SMILES string of the molecule is COc1ccccc1CN(CCC(=O)Nc1cc(OC)c(OC)c(OC)c1)Cc1cccs1. The third kappa shape index (κ3) is 6.63. The Hall–Kier alpha value is -3.23. The monoisotopic (exact) mass is 470 g/mol. The first-order chi connectivity index (χ1) is 16.1. The van der Waals surface area contributed by atoms with Gasteiger partial charge < -0.3 is 24.3 Å². The fourth-order valence-corrected chi connectivity index (χ4v) is 4.29. The van der Waals surface area contributed by atoms with Gasteiger partial charge in [0.15, 0.2) is 11.5 Å². The van der Waals surface area contributed by atoms with E-state index in [1.807, 2.05) is 24.3 Å². The van der Waals surface area contributed by atoms with Gasteiger partial charge in [0.1, 0.15) is 5.75 Å². The Morgan fingerprint density at radius 3 is 2.18 bits per heavy atom. The molecule has 1 amide bonds. The van der Waals surface area contributed by atoms with Crippen molar-refractivity contribution in [2.24, 2.45) is 0 Å². The highest BCUT2D eigenvalue weighted by Crippen LogP contribution is 2.40. The van der Waals surface area contributed by atoms with Crippen LogP contribution in [0.15, 0.2) is 53.9 Å². The van der Waals surface area contributed by atoms with Crippen molar-refractivity contribution in [3.05, 3.63) is 64.4 Å². The normalized spacial score (nSPS) is 10.7. The van der Waals surface area contributed by atoms with Crippen LogP contribution in [0.2, 0.25) is 0 Å². The van der Waals surface area contributed by atoms with Crippen LogP contribution in [0.5, 0.6) is 23.0 Å². The minimum Gasteiger partial charge on any atom is -0.496 e. The predicted molar refractivity (Wildman–Crippen MR) is 131 cm³/mol. The number of thiophene rings is 1. The van der Waals surface area contributed by atoms with Crippen molar-refractivity contribution in [3.8, 4) is 23.0 Å². The Morgan fingerprint density at radius 2 is 1.58 bits per heavy atom. The molecule has 0 aliphatic carbocycles. The molecule has 176 valence electrons. The summed E-state index contributed by atoms with van der Waals surface area (Å²) in [5, 5.41) is 5.00. The molecule has 0 radical (unpaired) electrons. The maximum Gasteiger partial charge on any atom is 0.225 e. The lowest BCUT2D eigenvalue weighted by atomic mass is 10.1. The quantitative estimate of drug-likeness (QED) is 0.410. The van der Waals surface area contributed by atoms with Crippen LogP contribution in [-0.4, -0.2) is 45.8 Å². The molecule has 0 saturated heterocycles. The molecule has 8 heteroatoms. The number of nitrogens with zero attached hydrogens (tertiary/aromatic N) is 1. The van der Waals surface area contributed by atoms with Crippen LogP contribution in [0.1, 0.15) is 16.9 Å². The van der Waals surface area contributed by atoms with Crippen LogP contribution in [-0.2, 0) is 17.9 Å². The molecule has 1 heterocycles. The fraction of sp³-hybridized carbons (Fsp3) is 0.320. The summed E-state index contributed by atoms with van der Waals surface area (Å²) in [6.45, 7) is 2.03. The number of nitrogens with one attached hydrogen (secondary N) is 1. The molecule has 0 unspecified atom stereocenters. The van der Waals surface area contributed by atoms with Crippen LogP contribution < -0.4 is 24.3 Å². The zero-order chi connectivity index (χ0) is 23.6. The van der Waals surface area contributed by atoms with Crippen molar-refractivity contribution < 1.29 is 23.7 Å². The second-order valence-electron chi connectivity index (χ2n) is 7.31. The van der Waals surface area contributed by atoms with Gasteiger partial charge in [0, 0.05) is 54.3 Å². The molecular weight excluding hydrogens is 440 g/mol. The third-order valence-corrected chi connectivity index (χ3v) is 6.01. The predicted octanol–water partition coefficient (Wildman–Crippen LogP) is 4.81. The fourth-order valence-electron chi connectivity index (χ4n) is 3.55. The molecule has 7 nitrogen and oxygen atoms in total. The Bertz CT molecular complexity index is 1010. The van der Waals surface area contributed by atoms with Crippen LogP contribution in [0.25, 0.3) is 0 Å². The molecule has 0 atom stereocenters. The highest BCUT2D eigenvalue weighted by Gasteiger charge is 2.16. The van der Waals surface area contributed by atoms with Gasteiger partial charge in [-0.3, -0.25) is 9.69 Å². The van der Waals surface area contributed by atoms with Crippen LogP contribution in [0.4, 0.5) is 5.69 Å². The summed E-state index contributed by atoms with van der Waals surface area (Å²) in [4.78, 5) is 16.3. The van der Waals surface area contributed by atoms with Crippen molar-refractivity contribution in [2.75, 3.05) is 40.3 Å². The van der Waals surface area contributed by atoms with Crippen molar-refractivity contribution in [3.63, 3.8) is 0 Å². The number of anilines is 1. The molecule has 2 aromatic carbocycles. The molecular formula is C25H30N2O5S. The summed E-state index contributed by atoms with van der Waals surface area (Å²) >= 11 is 1.71. The smallest absolute Gasteiger partial charge is 0.225 e.